The summed E-state index contributed by atoms with van der Waals surface area (Å²) in [5.41, 5.74) is 5.33. The second-order valence-corrected chi connectivity index (χ2v) is 12.7. The molecule has 2 N–H and O–H groups in total. The molecule has 6 rings (SSSR count). The minimum atomic E-state index is -4.01. The Bertz CT molecular complexity index is 1470. The Labute approximate surface area is 219 Å². The Morgan fingerprint density at radius 1 is 1.16 bits per heavy atom. The molecule has 0 bridgehead atoms. The van der Waals surface area contributed by atoms with Crippen LogP contribution >= 0.6 is 11.3 Å². The van der Waals surface area contributed by atoms with Gasteiger partial charge in [0.2, 0.25) is 0 Å². The number of likely N-dealkylation sites (N-methyl/N-ethyl adjacent to an activating group) is 1. The van der Waals surface area contributed by atoms with Gasteiger partial charge in [0.1, 0.15) is 16.1 Å². The molecule has 2 aromatic heterocycles. The first kappa shape index (κ1) is 24.4. The van der Waals surface area contributed by atoms with E-state index in [4.69, 9.17) is 9.47 Å². The molecule has 11 heteroatoms. The molecule has 3 aromatic rings. The van der Waals surface area contributed by atoms with Crippen LogP contribution in [0.25, 0.3) is 11.1 Å². The lowest BCUT2D eigenvalue weighted by molar-refractivity contribution is -0.0795. The number of aryl methyl sites for hydroxylation is 1. The summed E-state index contributed by atoms with van der Waals surface area (Å²) in [6.45, 7) is 2.63. The van der Waals surface area contributed by atoms with Crippen LogP contribution in [0.3, 0.4) is 0 Å². The first-order valence-corrected chi connectivity index (χ1v) is 14.6. The maximum absolute atomic E-state index is 13.1. The molecule has 1 fully saturated rings. The molecule has 9 nitrogen and oxygen atoms in total. The number of carbonyl (C=O) groups is 1. The standard InChI is InChI=1S/C26H28N4O5S2/c1-30-10-8-23-17(13-30)11-24(36-23)37(32,33)29-26(31)28-25-19-4-2-3-16(19)5-6-21(25)20-7-9-27-12-22(20)35-18-14-34-15-18/h5-7,9,11-12,18H,2-4,8,10,13-15H2,1H3,(H2,28,29,31). The third-order valence-electron chi connectivity index (χ3n) is 7.02. The number of nitrogens with one attached hydrogen (secondary N) is 2. The largest absolute Gasteiger partial charge is 0.483 e. The molecule has 37 heavy (non-hydrogen) atoms. The highest BCUT2D eigenvalue weighted by Crippen LogP contribution is 2.41. The van der Waals surface area contributed by atoms with Crippen molar-refractivity contribution in [2.75, 3.05) is 32.1 Å². The zero-order valence-electron chi connectivity index (χ0n) is 20.5. The summed E-state index contributed by atoms with van der Waals surface area (Å²) in [7, 11) is -2.00. The molecule has 2 aliphatic heterocycles. The summed E-state index contributed by atoms with van der Waals surface area (Å²) in [5.74, 6) is 0.596. The maximum Gasteiger partial charge on any atom is 0.333 e. The summed E-state index contributed by atoms with van der Waals surface area (Å²) in [4.78, 5) is 20.6. The van der Waals surface area contributed by atoms with E-state index in [2.05, 4.69) is 26.0 Å². The molecular weight excluding hydrogens is 512 g/mol. The van der Waals surface area contributed by atoms with Crippen LogP contribution in [-0.2, 0) is 40.6 Å². The number of hydrogen-bond donors (Lipinski definition) is 2. The average molecular weight is 541 g/mol. The average Bonchev–Trinajstić information content (AvgIpc) is 3.49. The van der Waals surface area contributed by atoms with Crippen molar-refractivity contribution in [3.8, 4) is 16.9 Å². The van der Waals surface area contributed by atoms with E-state index in [0.717, 1.165) is 64.9 Å². The van der Waals surface area contributed by atoms with Crippen LogP contribution in [0.5, 0.6) is 5.75 Å². The van der Waals surface area contributed by atoms with Crippen molar-refractivity contribution in [1.29, 1.82) is 0 Å². The number of sulfonamides is 1. The predicted molar refractivity (Wildman–Crippen MR) is 141 cm³/mol. The minimum Gasteiger partial charge on any atom is -0.483 e. The van der Waals surface area contributed by atoms with Crippen molar-refractivity contribution in [2.45, 2.75) is 42.5 Å². The van der Waals surface area contributed by atoms with Crippen LogP contribution in [0, 0.1) is 0 Å². The van der Waals surface area contributed by atoms with E-state index >= 15 is 0 Å². The van der Waals surface area contributed by atoms with Crippen LogP contribution in [-0.4, -0.2) is 57.2 Å². The Morgan fingerprint density at radius 3 is 2.84 bits per heavy atom. The normalized spacial score (nSPS) is 17.5. The summed E-state index contributed by atoms with van der Waals surface area (Å²) in [6.07, 6.45) is 6.79. The molecule has 1 aliphatic carbocycles. The molecule has 2 amide bonds. The number of pyridine rings is 1. The number of fused-ring (bicyclic) bond motifs is 2. The third kappa shape index (κ3) is 4.84. The molecule has 0 atom stereocenters. The Morgan fingerprint density at radius 2 is 2.03 bits per heavy atom. The van der Waals surface area contributed by atoms with E-state index in [1.807, 2.05) is 19.2 Å². The summed E-state index contributed by atoms with van der Waals surface area (Å²) >= 11 is 1.24. The second kappa shape index (κ2) is 9.71. The van der Waals surface area contributed by atoms with E-state index < -0.39 is 16.1 Å². The van der Waals surface area contributed by atoms with Gasteiger partial charge in [-0.2, -0.15) is 0 Å². The Kier molecular flexibility index (Phi) is 6.39. The number of benzene rings is 1. The molecule has 194 valence electrons. The first-order chi connectivity index (χ1) is 17.9. The zero-order valence-corrected chi connectivity index (χ0v) is 22.1. The SMILES string of the molecule is CN1CCc2sc(S(=O)(=O)NC(=O)Nc3c(-c4ccncc4OC4COC4)ccc4c3CCC4)cc2C1. The molecule has 1 saturated heterocycles. The summed E-state index contributed by atoms with van der Waals surface area (Å²) in [5, 5.41) is 2.88. The van der Waals surface area contributed by atoms with E-state index in [0.29, 0.717) is 31.2 Å². The van der Waals surface area contributed by atoms with Crippen molar-refractivity contribution in [2.24, 2.45) is 0 Å². The van der Waals surface area contributed by atoms with Gasteiger partial charge in [0.15, 0.2) is 0 Å². The van der Waals surface area contributed by atoms with Gasteiger partial charge in [0, 0.05) is 35.3 Å². The monoisotopic (exact) mass is 540 g/mol. The van der Waals surface area contributed by atoms with Gasteiger partial charge < -0.3 is 19.7 Å². The fourth-order valence-corrected chi connectivity index (χ4v) is 7.53. The fourth-order valence-electron chi connectivity index (χ4n) is 5.08. The molecular formula is C26H28N4O5S2. The highest BCUT2D eigenvalue weighted by Gasteiger charge is 2.28. The first-order valence-electron chi connectivity index (χ1n) is 12.3. The number of amides is 2. The van der Waals surface area contributed by atoms with Crippen LogP contribution < -0.4 is 14.8 Å². The molecule has 0 spiro atoms. The van der Waals surface area contributed by atoms with Gasteiger partial charge in [-0.3, -0.25) is 4.98 Å². The van der Waals surface area contributed by atoms with Gasteiger partial charge in [-0.15, -0.1) is 11.3 Å². The third-order valence-corrected chi connectivity index (χ3v) is 10.1. The lowest BCUT2D eigenvalue weighted by atomic mass is 9.97. The number of urea groups is 1. The van der Waals surface area contributed by atoms with Crippen LogP contribution in [0.1, 0.15) is 28.0 Å². The van der Waals surface area contributed by atoms with Crippen LogP contribution in [0.4, 0.5) is 10.5 Å². The quantitative estimate of drug-likeness (QED) is 0.492. The molecule has 3 aliphatic rings. The number of hydrogen-bond acceptors (Lipinski definition) is 8. The number of rotatable bonds is 6. The zero-order chi connectivity index (χ0) is 25.6. The Hall–Kier alpha value is -2.99. The molecule has 1 aromatic carbocycles. The molecule has 0 saturated carbocycles. The van der Waals surface area contributed by atoms with Gasteiger partial charge in [0.05, 0.1) is 25.1 Å². The number of anilines is 1. The van der Waals surface area contributed by atoms with Gasteiger partial charge in [-0.25, -0.2) is 17.9 Å². The van der Waals surface area contributed by atoms with Crippen LogP contribution in [0.15, 0.2) is 40.9 Å². The highest BCUT2D eigenvalue weighted by molar-refractivity contribution is 7.92. The molecule has 0 radical (unpaired) electrons. The van der Waals surface area contributed by atoms with Crippen molar-refractivity contribution in [3.63, 3.8) is 0 Å². The number of thiophene rings is 1. The molecule has 0 unspecified atom stereocenters. The number of aromatic nitrogens is 1. The lowest BCUT2D eigenvalue weighted by Crippen LogP contribution is -2.38. The van der Waals surface area contributed by atoms with Gasteiger partial charge >= 0.3 is 6.03 Å². The summed E-state index contributed by atoms with van der Waals surface area (Å²) < 4.78 is 40.0. The van der Waals surface area contributed by atoms with E-state index in [9.17, 15) is 13.2 Å². The number of carbonyl (C=O) groups excluding carboxylic acids is 1. The van der Waals surface area contributed by atoms with Crippen LogP contribution in [0.2, 0.25) is 0 Å². The maximum atomic E-state index is 13.1. The summed E-state index contributed by atoms with van der Waals surface area (Å²) in [6, 6.07) is 6.77. The molecule has 4 heterocycles. The van der Waals surface area contributed by atoms with Crippen molar-refractivity contribution >= 4 is 33.1 Å². The number of ether oxygens (including phenoxy) is 2. The predicted octanol–water partition coefficient (Wildman–Crippen LogP) is 3.57. The van der Waals surface area contributed by atoms with Gasteiger partial charge in [0.25, 0.3) is 10.0 Å². The van der Waals surface area contributed by atoms with E-state index in [-0.39, 0.29) is 10.3 Å². The van der Waals surface area contributed by atoms with Gasteiger partial charge in [-0.1, -0.05) is 12.1 Å². The Balaban J connectivity index is 1.29. The highest BCUT2D eigenvalue weighted by atomic mass is 32.2. The van der Waals surface area contributed by atoms with Gasteiger partial charge in [-0.05, 0) is 61.6 Å². The fraction of sp³-hybridized carbons (Fsp3) is 0.385. The van der Waals surface area contributed by atoms with Crippen molar-refractivity contribution < 1.29 is 22.7 Å². The van der Waals surface area contributed by atoms with Crippen molar-refractivity contribution in [1.82, 2.24) is 14.6 Å². The van der Waals surface area contributed by atoms with E-state index in [1.54, 1.807) is 18.5 Å². The minimum absolute atomic E-state index is 0.0429. The smallest absolute Gasteiger partial charge is 0.333 e. The lowest BCUT2D eigenvalue weighted by Gasteiger charge is -2.28. The second-order valence-electron chi connectivity index (χ2n) is 9.69. The topological polar surface area (TPSA) is 110 Å². The number of nitrogens with zero attached hydrogens (tertiary/aromatic N) is 2. The van der Waals surface area contributed by atoms with Crippen molar-refractivity contribution in [3.05, 3.63) is 58.2 Å². The van der Waals surface area contributed by atoms with E-state index in [1.165, 1.54) is 11.3 Å².